The fraction of sp³-hybridized carbons (Fsp3) is 0.650. The second kappa shape index (κ2) is 6.34. The number of rotatable bonds is 5. The van der Waals surface area contributed by atoms with Crippen LogP contribution in [-0.4, -0.2) is 25.2 Å². The van der Waals surface area contributed by atoms with Gasteiger partial charge in [-0.1, -0.05) is 23.7 Å². The highest BCUT2D eigenvalue weighted by molar-refractivity contribution is 6.30. The zero-order valence-electron chi connectivity index (χ0n) is 14.3. The summed E-state index contributed by atoms with van der Waals surface area (Å²) in [6.45, 7) is 0.657. The van der Waals surface area contributed by atoms with E-state index in [4.69, 9.17) is 16.3 Å². The smallest absolute Gasteiger partial charge is 0.224 e. The van der Waals surface area contributed by atoms with Crippen LogP contribution in [0.5, 0.6) is 0 Å². The SMILES string of the molecule is COC1(CNC(=O)Cc2ccc(Cl)cc2)C2CC3CC(C2)CC1C3. The summed E-state index contributed by atoms with van der Waals surface area (Å²) in [4.78, 5) is 12.4. The first kappa shape index (κ1) is 16.4. The molecule has 0 spiro atoms. The van der Waals surface area contributed by atoms with Crippen molar-refractivity contribution in [1.82, 2.24) is 5.32 Å². The predicted octanol–water partition coefficient (Wildman–Crippen LogP) is 3.84. The van der Waals surface area contributed by atoms with Crippen LogP contribution in [0.3, 0.4) is 0 Å². The summed E-state index contributed by atoms with van der Waals surface area (Å²) in [7, 11) is 1.84. The van der Waals surface area contributed by atoms with Gasteiger partial charge in [0.15, 0.2) is 0 Å². The van der Waals surface area contributed by atoms with Gasteiger partial charge in [0, 0.05) is 18.7 Å². The Morgan fingerprint density at radius 2 is 1.71 bits per heavy atom. The van der Waals surface area contributed by atoms with Crippen LogP contribution in [-0.2, 0) is 16.0 Å². The number of amides is 1. The Labute approximate surface area is 149 Å². The molecule has 4 aliphatic rings. The number of halogens is 1. The van der Waals surface area contributed by atoms with Gasteiger partial charge in [-0.3, -0.25) is 4.79 Å². The van der Waals surface area contributed by atoms with Gasteiger partial charge in [0.05, 0.1) is 12.0 Å². The molecule has 5 rings (SSSR count). The summed E-state index contributed by atoms with van der Waals surface area (Å²) in [6, 6.07) is 7.49. The van der Waals surface area contributed by atoms with Crippen LogP contribution in [0.4, 0.5) is 0 Å². The molecule has 4 heteroatoms. The molecule has 1 aromatic rings. The van der Waals surface area contributed by atoms with E-state index in [2.05, 4.69) is 5.32 Å². The van der Waals surface area contributed by atoms with Crippen LogP contribution in [0, 0.1) is 23.7 Å². The molecule has 1 N–H and O–H groups in total. The number of ether oxygens (including phenoxy) is 1. The van der Waals surface area contributed by atoms with Crippen molar-refractivity contribution in [3.63, 3.8) is 0 Å². The van der Waals surface area contributed by atoms with Crippen molar-refractivity contribution in [2.75, 3.05) is 13.7 Å². The highest BCUT2D eigenvalue weighted by Gasteiger charge is 2.57. The van der Waals surface area contributed by atoms with Crippen molar-refractivity contribution in [2.24, 2.45) is 23.7 Å². The van der Waals surface area contributed by atoms with Gasteiger partial charge in [-0.05, 0) is 73.5 Å². The average Bonchev–Trinajstić information content (AvgIpc) is 2.56. The lowest BCUT2D eigenvalue weighted by Gasteiger charge is -2.60. The average molecular weight is 348 g/mol. The largest absolute Gasteiger partial charge is 0.376 e. The molecule has 4 fully saturated rings. The van der Waals surface area contributed by atoms with Crippen molar-refractivity contribution in [3.8, 4) is 0 Å². The van der Waals surface area contributed by atoms with Gasteiger partial charge in [0.25, 0.3) is 0 Å². The summed E-state index contributed by atoms with van der Waals surface area (Å²) in [5.74, 6) is 3.12. The molecule has 0 unspecified atom stereocenters. The van der Waals surface area contributed by atoms with Gasteiger partial charge in [-0.25, -0.2) is 0 Å². The zero-order valence-corrected chi connectivity index (χ0v) is 15.0. The number of carbonyl (C=O) groups excluding carboxylic acids is 1. The summed E-state index contributed by atoms with van der Waals surface area (Å²) >= 11 is 5.90. The molecule has 4 bridgehead atoms. The van der Waals surface area contributed by atoms with Gasteiger partial charge in [-0.2, -0.15) is 0 Å². The van der Waals surface area contributed by atoms with Gasteiger partial charge < -0.3 is 10.1 Å². The van der Waals surface area contributed by atoms with Crippen LogP contribution in [0.25, 0.3) is 0 Å². The van der Waals surface area contributed by atoms with E-state index in [9.17, 15) is 4.79 Å². The Bertz CT molecular complexity index is 585. The highest BCUT2D eigenvalue weighted by atomic mass is 35.5. The molecule has 130 valence electrons. The van der Waals surface area contributed by atoms with Gasteiger partial charge in [-0.15, -0.1) is 0 Å². The standard InChI is InChI=1S/C20H26ClNO2/c1-24-20(16-7-14-6-15(9-16)10-17(20)8-14)12-22-19(23)11-13-2-4-18(21)5-3-13/h2-5,14-17H,6-12H2,1H3,(H,22,23). The Balaban J connectivity index is 1.40. The van der Waals surface area contributed by atoms with Gasteiger partial charge in [0.2, 0.25) is 5.91 Å². The molecule has 0 aliphatic heterocycles. The molecule has 4 aliphatic carbocycles. The number of benzene rings is 1. The molecule has 0 saturated heterocycles. The van der Waals surface area contributed by atoms with Crippen molar-refractivity contribution in [1.29, 1.82) is 0 Å². The van der Waals surface area contributed by atoms with Crippen LogP contribution >= 0.6 is 11.6 Å². The van der Waals surface area contributed by atoms with Gasteiger partial charge >= 0.3 is 0 Å². The lowest BCUT2D eigenvalue weighted by molar-refractivity contribution is -0.188. The second-order valence-corrected chi connectivity index (χ2v) is 8.48. The fourth-order valence-corrected chi connectivity index (χ4v) is 5.89. The van der Waals surface area contributed by atoms with E-state index in [-0.39, 0.29) is 11.5 Å². The van der Waals surface area contributed by atoms with E-state index in [1.54, 1.807) is 0 Å². The summed E-state index contributed by atoms with van der Waals surface area (Å²) in [5, 5.41) is 3.87. The van der Waals surface area contributed by atoms with E-state index in [0.717, 1.165) is 17.4 Å². The maximum absolute atomic E-state index is 12.4. The molecular formula is C20H26ClNO2. The third-order valence-electron chi connectivity index (χ3n) is 6.74. The number of methoxy groups -OCH3 is 1. The molecule has 0 heterocycles. The third-order valence-corrected chi connectivity index (χ3v) is 6.99. The molecule has 0 atom stereocenters. The number of nitrogens with one attached hydrogen (secondary N) is 1. The minimum atomic E-state index is -0.136. The Hall–Kier alpha value is -1.06. The van der Waals surface area contributed by atoms with E-state index in [0.29, 0.717) is 29.8 Å². The first-order valence-electron chi connectivity index (χ1n) is 9.15. The molecule has 24 heavy (non-hydrogen) atoms. The third kappa shape index (κ3) is 2.86. The van der Waals surface area contributed by atoms with Crippen LogP contribution in [0.1, 0.15) is 37.7 Å². The van der Waals surface area contributed by atoms with E-state index >= 15 is 0 Å². The molecule has 3 nitrogen and oxygen atoms in total. The summed E-state index contributed by atoms with van der Waals surface area (Å²) in [5.41, 5.74) is 0.858. The first-order chi connectivity index (χ1) is 11.6. The Morgan fingerprint density at radius 1 is 1.12 bits per heavy atom. The summed E-state index contributed by atoms with van der Waals surface area (Å²) < 4.78 is 6.10. The highest BCUT2D eigenvalue weighted by Crippen LogP contribution is 2.59. The lowest BCUT2D eigenvalue weighted by Crippen LogP contribution is -2.63. The molecular weight excluding hydrogens is 322 g/mol. The van der Waals surface area contributed by atoms with E-state index in [1.165, 1.54) is 32.1 Å². The molecule has 1 aromatic carbocycles. The quantitative estimate of drug-likeness (QED) is 0.878. The van der Waals surface area contributed by atoms with Crippen molar-refractivity contribution < 1.29 is 9.53 Å². The normalized spacial score (nSPS) is 36.8. The summed E-state index contributed by atoms with van der Waals surface area (Å²) in [6.07, 6.45) is 6.97. The van der Waals surface area contributed by atoms with Crippen LogP contribution in [0.2, 0.25) is 5.02 Å². The minimum absolute atomic E-state index is 0.0718. The number of hydrogen-bond acceptors (Lipinski definition) is 2. The fourth-order valence-electron chi connectivity index (χ4n) is 5.76. The van der Waals surface area contributed by atoms with Crippen molar-refractivity contribution >= 4 is 17.5 Å². The Morgan fingerprint density at radius 3 is 2.25 bits per heavy atom. The predicted molar refractivity (Wildman–Crippen MR) is 95.0 cm³/mol. The van der Waals surface area contributed by atoms with Gasteiger partial charge in [0.1, 0.15) is 0 Å². The van der Waals surface area contributed by atoms with E-state index < -0.39 is 0 Å². The number of hydrogen-bond donors (Lipinski definition) is 1. The molecule has 0 aromatic heterocycles. The zero-order chi connectivity index (χ0) is 16.7. The second-order valence-electron chi connectivity index (χ2n) is 8.04. The van der Waals surface area contributed by atoms with Crippen molar-refractivity contribution in [2.45, 2.75) is 44.1 Å². The molecule has 0 radical (unpaired) electrons. The topological polar surface area (TPSA) is 38.3 Å². The molecule has 4 saturated carbocycles. The maximum atomic E-state index is 12.4. The minimum Gasteiger partial charge on any atom is -0.376 e. The molecule has 1 amide bonds. The van der Waals surface area contributed by atoms with Crippen LogP contribution < -0.4 is 5.32 Å². The lowest BCUT2D eigenvalue weighted by atomic mass is 9.49. The van der Waals surface area contributed by atoms with Crippen molar-refractivity contribution in [3.05, 3.63) is 34.9 Å². The monoisotopic (exact) mass is 347 g/mol. The van der Waals surface area contributed by atoms with E-state index in [1.807, 2.05) is 31.4 Å². The maximum Gasteiger partial charge on any atom is 0.224 e. The Kier molecular flexibility index (Phi) is 4.34. The van der Waals surface area contributed by atoms with Crippen LogP contribution in [0.15, 0.2) is 24.3 Å². The number of carbonyl (C=O) groups is 1. The first-order valence-corrected chi connectivity index (χ1v) is 9.53.